The van der Waals surface area contributed by atoms with Crippen LogP contribution in [0.1, 0.15) is 438 Å². The van der Waals surface area contributed by atoms with Crippen LogP contribution in [0.2, 0.25) is 0 Å². The Morgan fingerprint density at radius 1 is 0.232 bits per heavy atom. The number of rotatable bonds is 71. The van der Waals surface area contributed by atoms with Crippen molar-refractivity contribution < 1.29 is 28.6 Å². The second kappa shape index (κ2) is 71.6. The summed E-state index contributed by atoms with van der Waals surface area (Å²) in [6.45, 7) is 6.66. The van der Waals surface area contributed by atoms with E-state index >= 15 is 0 Å². The number of ether oxygens (including phenoxy) is 3. The fourth-order valence-electron chi connectivity index (χ4n) is 11.9. The first-order valence-corrected chi connectivity index (χ1v) is 37.7. The lowest BCUT2D eigenvalue weighted by Gasteiger charge is -2.18. The predicted octanol–water partition coefficient (Wildman–Crippen LogP) is 26.0. The Labute approximate surface area is 513 Å². The molecule has 0 aromatic heterocycles. The minimum atomic E-state index is -0.765. The second-order valence-electron chi connectivity index (χ2n) is 25.9. The largest absolute Gasteiger partial charge is 0.462 e. The van der Waals surface area contributed by atoms with Gasteiger partial charge in [-0.1, -0.05) is 386 Å². The number of hydrogen-bond acceptors (Lipinski definition) is 6. The van der Waals surface area contributed by atoms with Gasteiger partial charge in [0.05, 0.1) is 0 Å². The van der Waals surface area contributed by atoms with Gasteiger partial charge in [0.1, 0.15) is 13.2 Å². The van der Waals surface area contributed by atoms with Gasteiger partial charge >= 0.3 is 17.9 Å². The smallest absolute Gasteiger partial charge is 0.306 e. The van der Waals surface area contributed by atoms with E-state index < -0.39 is 6.10 Å². The van der Waals surface area contributed by atoms with E-state index in [-0.39, 0.29) is 31.1 Å². The van der Waals surface area contributed by atoms with Gasteiger partial charge in [-0.05, 0) is 44.9 Å². The van der Waals surface area contributed by atoms with Gasteiger partial charge in [0.25, 0.3) is 0 Å². The third-order valence-electron chi connectivity index (χ3n) is 17.5. The summed E-state index contributed by atoms with van der Waals surface area (Å²) in [4.78, 5) is 38.1. The average Bonchev–Trinajstić information content (AvgIpc) is 3.47. The first-order chi connectivity index (χ1) is 40.5. The lowest BCUT2D eigenvalue weighted by Crippen LogP contribution is -2.30. The summed E-state index contributed by atoms with van der Waals surface area (Å²) < 4.78 is 16.9. The molecule has 6 nitrogen and oxygen atoms in total. The zero-order valence-corrected chi connectivity index (χ0v) is 56.1. The quantitative estimate of drug-likeness (QED) is 0.0261. The zero-order chi connectivity index (χ0) is 59.2. The van der Waals surface area contributed by atoms with Gasteiger partial charge in [-0.2, -0.15) is 0 Å². The second-order valence-corrected chi connectivity index (χ2v) is 25.9. The van der Waals surface area contributed by atoms with E-state index in [1.807, 2.05) is 0 Å². The monoisotopic (exact) mass is 1160 g/mol. The van der Waals surface area contributed by atoms with Crippen LogP contribution in [0.4, 0.5) is 0 Å². The van der Waals surface area contributed by atoms with Gasteiger partial charge in [-0.3, -0.25) is 14.4 Å². The summed E-state index contributed by atoms with van der Waals surface area (Å²) in [5.41, 5.74) is 0. The SMILES string of the molecule is CCCCCCCCCC/C=C\CCCCCCCCCCCCCC(=O)OC(COC(=O)CCCCCCCC)COC(=O)CCCCCCCCCCCCCCCCCCCCCCCCCCCCCCCCCCCCC. The minimum Gasteiger partial charge on any atom is -0.462 e. The summed E-state index contributed by atoms with van der Waals surface area (Å²) in [6, 6.07) is 0. The van der Waals surface area contributed by atoms with E-state index in [1.165, 1.54) is 340 Å². The van der Waals surface area contributed by atoms with Gasteiger partial charge < -0.3 is 14.2 Å². The first kappa shape index (κ1) is 80.2. The van der Waals surface area contributed by atoms with Crippen molar-refractivity contribution in [1.82, 2.24) is 0 Å². The highest BCUT2D eigenvalue weighted by Crippen LogP contribution is 2.20. The fraction of sp³-hybridized carbons (Fsp3) is 0.934. The van der Waals surface area contributed by atoms with E-state index in [0.717, 1.165) is 57.8 Å². The van der Waals surface area contributed by atoms with Gasteiger partial charge in [-0.15, -0.1) is 0 Å². The van der Waals surface area contributed by atoms with Crippen molar-refractivity contribution >= 4 is 17.9 Å². The van der Waals surface area contributed by atoms with Crippen LogP contribution in [-0.4, -0.2) is 37.2 Å². The molecule has 82 heavy (non-hydrogen) atoms. The first-order valence-electron chi connectivity index (χ1n) is 37.7. The van der Waals surface area contributed by atoms with Crippen LogP contribution in [0, 0.1) is 0 Å². The van der Waals surface area contributed by atoms with Crippen LogP contribution in [0.5, 0.6) is 0 Å². The number of esters is 3. The van der Waals surface area contributed by atoms with E-state index in [1.54, 1.807) is 0 Å². The van der Waals surface area contributed by atoms with Crippen LogP contribution in [0.15, 0.2) is 12.2 Å². The molecule has 0 aliphatic rings. The van der Waals surface area contributed by atoms with Crippen LogP contribution in [0.25, 0.3) is 0 Å². The maximum atomic E-state index is 12.9. The van der Waals surface area contributed by atoms with Crippen LogP contribution >= 0.6 is 0 Å². The van der Waals surface area contributed by atoms with Crippen LogP contribution in [-0.2, 0) is 28.6 Å². The van der Waals surface area contributed by atoms with Crippen molar-refractivity contribution in [3.63, 3.8) is 0 Å². The van der Waals surface area contributed by atoms with E-state index in [4.69, 9.17) is 14.2 Å². The molecule has 0 heterocycles. The molecule has 0 rings (SSSR count). The van der Waals surface area contributed by atoms with Crippen molar-refractivity contribution in [3.05, 3.63) is 12.2 Å². The average molecular weight is 1160 g/mol. The molecule has 0 aliphatic heterocycles. The number of hydrogen-bond donors (Lipinski definition) is 0. The summed E-state index contributed by atoms with van der Waals surface area (Å²) >= 11 is 0. The van der Waals surface area contributed by atoms with E-state index in [9.17, 15) is 14.4 Å². The Kier molecular flexibility index (Phi) is 70.0. The maximum Gasteiger partial charge on any atom is 0.306 e. The summed E-state index contributed by atoms with van der Waals surface area (Å²) in [5, 5.41) is 0. The Morgan fingerprint density at radius 2 is 0.402 bits per heavy atom. The molecule has 1 atom stereocenters. The Morgan fingerprint density at radius 3 is 0.610 bits per heavy atom. The highest BCUT2D eigenvalue weighted by atomic mass is 16.6. The van der Waals surface area contributed by atoms with E-state index in [0.29, 0.717) is 19.3 Å². The topological polar surface area (TPSA) is 78.9 Å². The summed E-state index contributed by atoms with van der Waals surface area (Å²) in [7, 11) is 0. The molecule has 0 saturated carbocycles. The number of carbonyl (C=O) groups is 3. The fourth-order valence-corrected chi connectivity index (χ4v) is 11.9. The number of carbonyl (C=O) groups excluding carboxylic acids is 3. The van der Waals surface area contributed by atoms with Gasteiger partial charge in [-0.25, -0.2) is 0 Å². The summed E-state index contributed by atoms with van der Waals surface area (Å²) in [6.07, 6.45) is 87.5. The summed E-state index contributed by atoms with van der Waals surface area (Å²) in [5.74, 6) is -0.844. The molecule has 0 fully saturated rings. The van der Waals surface area contributed by atoms with Crippen molar-refractivity contribution in [2.24, 2.45) is 0 Å². The van der Waals surface area contributed by atoms with Crippen molar-refractivity contribution in [3.8, 4) is 0 Å². The molecular weight excluding hydrogens is 1010 g/mol. The predicted molar refractivity (Wildman–Crippen MR) is 358 cm³/mol. The molecule has 0 saturated heterocycles. The molecule has 0 spiro atoms. The highest BCUT2D eigenvalue weighted by molar-refractivity contribution is 5.71. The van der Waals surface area contributed by atoms with Crippen molar-refractivity contribution in [2.75, 3.05) is 13.2 Å². The lowest BCUT2D eigenvalue weighted by molar-refractivity contribution is -0.167. The van der Waals surface area contributed by atoms with Gasteiger partial charge in [0.2, 0.25) is 0 Å². The van der Waals surface area contributed by atoms with Gasteiger partial charge in [0.15, 0.2) is 6.10 Å². The lowest BCUT2D eigenvalue weighted by atomic mass is 10.0. The van der Waals surface area contributed by atoms with Crippen molar-refractivity contribution in [2.45, 2.75) is 444 Å². The molecule has 0 bridgehead atoms. The Bertz CT molecular complexity index is 1280. The molecule has 486 valence electrons. The standard InChI is InChI=1S/C76H146O6/c1-4-7-10-13-16-18-20-22-24-26-28-30-32-33-34-35-36-37-38-39-40-41-42-43-45-46-48-50-52-54-56-58-60-63-66-69-75(78)81-72-73(71-80-74(77)68-65-62-15-12-9-6-3)82-76(79)70-67-64-61-59-57-55-53-51-49-47-44-31-29-27-25-23-21-19-17-14-11-8-5-2/h27,29,73H,4-26,28,30-72H2,1-3H3/b29-27-. The molecule has 6 heteroatoms. The van der Waals surface area contributed by atoms with Gasteiger partial charge in [0, 0.05) is 19.3 Å². The highest BCUT2D eigenvalue weighted by Gasteiger charge is 2.20. The molecule has 0 radical (unpaired) electrons. The van der Waals surface area contributed by atoms with E-state index in [2.05, 4.69) is 32.9 Å². The Balaban J connectivity index is 3.88. The molecular formula is C76H146O6. The maximum absolute atomic E-state index is 12.9. The zero-order valence-electron chi connectivity index (χ0n) is 56.1. The number of unbranched alkanes of at least 4 members (excludes halogenated alkanes) is 58. The Hall–Kier alpha value is -1.85. The number of allylic oxidation sites excluding steroid dienone is 2. The molecule has 0 aromatic carbocycles. The third kappa shape index (κ3) is 68.9. The molecule has 1 unspecified atom stereocenters. The normalized spacial score (nSPS) is 12.0. The molecule has 0 aliphatic carbocycles. The van der Waals surface area contributed by atoms with Crippen LogP contribution < -0.4 is 0 Å². The third-order valence-corrected chi connectivity index (χ3v) is 17.5. The molecule has 0 aromatic rings. The molecule has 0 amide bonds. The van der Waals surface area contributed by atoms with Crippen molar-refractivity contribution in [1.29, 1.82) is 0 Å². The molecule has 0 N–H and O–H groups in total. The minimum absolute atomic E-state index is 0.0645. The van der Waals surface area contributed by atoms with Crippen LogP contribution in [0.3, 0.4) is 0 Å².